The average Bonchev–Trinajstić information content (AvgIpc) is 3.06. The topological polar surface area (TPSA) is 94.6 Å². The fourth-order valence-corrected chi connectivity index (χ4v) is 3.62. The van der Waals surface area contributed by atoms with E-state index in [-0.39, 0.29) is 18.2 Å². The molecule has 3 aromatic rings. The quantitative estimate of drug-likeness (QED) is 0.518. The molecule has 0 radical (unpaired) electrons. The van der Waals surface area contributed by atoms with Crippen molar-refractivity contribution in [2.24, 2.45) is 0 Å². The number of furan rings is 1. The summed E-state index contributed by atoms with van der Waals surface area (Å²) in [6.07, 6.45) is 4.26. The number of fused-ring (bicyclic) bond motifs is 3. The summed E-state index contributed by atoms with van der Waals surface area (Å²) < 4.78 is 11.5. The molecule has 0 aliphatic heterocycles. The number of carbonyl (C=O) groups is 1. The summed E-state index contributed by atoms with van der Waals surface area (Å²) in [5.41, 5.74) is 2.86. The largest absolute Gasteiger partial charge is 0.484 e. The molecule has 0 saturated carbocycles. The molecule has 7 nitrogen and oxygen atoms in total. The summed E-state index contributed by atoms with van der Waals surface area (Å²) in [4.78, 5) is 22.8. The summed E-state index contributed by atoms with van der Waals surface area (Å²) in [5.74, 6) is 1.27. The van der Waals surface area contributed by atoms with Crippen LogP contribution in [0.25, 0.3) is 11.0 Å². The molecule has 4 rings (SSSR count). The Morgan fingerprint density at radius 3 is 2.89 bits per heavy atom. The first kappa shape index (κ1) is 18.0. The Kier molecular flexibility index (Phi) is 4.73. The molecule has 28 heavy (non-hydrogen) atoms. The minimum atomic E-state index is -0.470. The van der Waals surface area contributed by atoms with Gasteiger partial charge in [0.2, 0.25) is 0 Å². The standard InChI is InChI=1S/C21H20N2O5/c1-13-17(6-4-7-18(13)23(25)26)22-21(24)12-27-14-9-10-20-16(11-14)15-5-2-3-8-19(15)28-20/h4,6-7,9-11H,2-3,5,8,12H2,1H3,(H,22,24). The number of ether oxygens (including phenoxy) is 1. The molecule has 0 unspecified atom stereocenters. The summed E-state index contributed by atoms with van der Waals surface area (Å²) in [6.45, 7) is 1.41. The predicted octanol–water partition coefficient (Wildman–Crippen LogP) is 4.55. The highest BCUT2D eigenvalue weighted by atomic mass is 16.6. The van der Waals surface area contributed by atoms with Gasteiger partial charge in [-0.15, -0.1) is 0 Å². The van der Waals surface area contributed by atoms with E-state index in [1.165, 1.54) is 17.7 Å². The van der Waals surface area contributed by atoms with E-state index in [4.69, 9.17) is 9.15 Å². The lowest BCUT2D eigenvalue weighted by molar-refractivity contribution is -0.385. The second kappa shape index (κ2) is 7.34. The van der Waals surface area contributed by atoms with Crippen molar-refractivity contribution in [3.8, 4) is 5.75 Å². The number of nitrogens with one attached hydrogen (secondary N) is 1. The van der Waals surface area contributed by atoms with Crippen LogP contribution in [-0.4, -0.2) is 17.4 Å². The van der Waals surface area contributed by atoms with Gasteiger partial charge in [-0.1, -0.05) is 6.07 Å². The molecule has 0 saturated heterocycles. The number of benzene rings is 2. The zero-order valence-corrected chi connectivity index (χ0v) is 15.5. The van der Waals surface area contributed by atoms with Gasteiger partial charge in [0.05, 0.1) is 16.2 Å². The number of rotatable bonds is 5. The summed E-state index contributed by atoms with van der Waals surface area (Å²) in [5, 5.41) is 14.7. The van der Waals surface area contributed by atoms with Crippen molar-refractivity contribution in [1.29, 1.82) is 0 Å². The Labute approximate surface area is 161 Å². The van der Waals surface area contributed by atoms with Crippen molar-refractivity contribution in [1.82, 2.24) is 0 Å². The second-order valence-electron chi connectivity index (χ2n) is 6.91. The van der Waals surface area contributed by atoms with E-state index in [0.717, 1.165) is 42.4 Å². The first-order chi connectivity index (χ1) is 13.5. The molecule has 1 amide bonds. The molecular formula is C21H20N2O5. The van der Waals surface area contributed by atoms with Crippen molar-refractivity contribution < 1.29 is 18.9 Å². The van der Waals surface area contributed by atoms with Gasteiger partial charge in [0.15, 0.2) is 6.61 Å². The second-order valence-corrected chi connectivity index (χ2v) is 6.91. The monoisotopic (exact) mass is 380 g/mol. The van der Waals surface area contributed by atoms with Gasteiger partial charge in [-0.25, -0.2) is 0 Å². The predicted molar refractivity (Wildman–Crippen MR) is 105 cm³/mol. The molecule has 1 aliphatic rings. The van der Waals surface area contributed by atoms with E-state index < -0.39 is 4.92 Å². The van der Waals surface area contributed by atoms with Crippen LogP contribution in [0.2, 0.25) is 0 Å². The van der Waals surface area contributed by atoms with Crippen molar-refractivity contribution in [3.05, 3.63) is 63.4 Å². The van der Waals surface area contributed by atoms with Gasteiger partial charge >= 0.3 is 0 Å². The molecule has 1 N–H and O–H groups in total. The number of nitro groups is 1. The van der Waals surface area contributed by atoms with E-state index in [9.17, 15) is 14.9 Å². The van der Waals surface area contributed by atoms with E-state index in [1.54, 1.807) is 19.1 Å². The molecule has 144 valence electrons. The fraction of sp³-hybridized carbons (Fsp3) is 0.286. The summed E-state index contributed by atoms with van der Waals surface area (Å²) in [7, 11) is 0. The lowest BCUT2D eigenvalue weighted by Crippen LogP contribution is -2.20. The Morgan fingerprint density at radius 2 is 2.07 bits per heavy atom. The fourth-order valence-electron chi connectivity index (χ4n) is 3.62. The number of hydrogen-bond acceptors (Lipinski definition) is 5. The van der Waals surface area contributed by atoms with Crippen LogP contribution >= 0.6 is 0 Å². The zero-order valence-electron chi connectivity index (χ0n) is 15.5. The highest BCUT2D eigenvalue weighted by molar-refractivity contribution is 5.93. The van der Waals surface area contributed by atoms with Crippen LogP contribution in [0.5, 0.6) is 5.75 Å². The molecule has 0 bridgehead atoms. The van der Waals surface area contributed by atoms with E-state index in [1.807, 2.05) is 12.1 Å². The van der Waals surface area contributed by atoms with Gasteiger partial charge < -0.3 is 14.5 Å². The molecule has 0 atom stereocenters. The molecule has 2 aromatic carbocycles. The van der Waals surface area contributed by atoms with Crippen LogP contribution in [0, 0.1) is 17.0 Å². The highest BCUT2D eigenvalue weighted by Gasteiger charge is 2.18. The van der Waals surface area contributed by atoms with Crippen LogP contribution < -0.4 is 10.1 Å². The zero-order chi connectivity index (χ0) is 19.7. The molecular weight excluding hydrogens is 360 g/mol. The lowest BCUT2D eigenvalue weighted by Gasteiger charge is -2.10. The van der Waals surface area contributed by atoms with Gasteiger partial charge in [0.1, 0.15) is 17.1 Å². The molecule has 1 aliphatic carbocycles. The Morgan fingerprint density at radius 1 is 1.25 bits per heavy atom. The number of hydrogen-bond donors (Lipinski definition) is 1. The number of carbonyl (C=O) groups excluding carboxylic acids is 1. The maximum absolute atomic E-state index is 12.2. The number of aryl methyl sites for hydroxylation is 2. The SMILES string of the molecule is Cc1c(NC(=O)COc2ccc3oc4c(c3c2)CCCC4)cccc1[N+](=O)[O-]. The number of anilines is 1. The smallest absolute Gasteiger partial charge is 0.274 e. The van der Waals surface area contributed by atoms with Crippen LogP contribution in [-0.2, 0) is 17.6 Å². The van der Waals surface area contributed by atoms with E-state index >= 15 is 0 Å². The van der Waals surface area contributed by atoms with E-state index in [2.05, 4.69) is 5.32 Å². The summed E-state index contributed by atoms with van der Waals surface area (Å²) in [6, 6.07) is 10.1. The minimum Gasteiger partial charge on any atom is -0.484 e. The summed E-state index contributed by atoms with van der Waals surface area (Å²) >= 11 is 0. The lowest BCUT2D eigenvalue weighted by atomic mass is 9.96. The van der Waals surface area contributed by atoms with Gasteiger partial charge in [0.25, 0.3) is 11.6 Å². The molecule has 7 heteroatoms. The number of amides is 1. The Bertz CT molecular complexity index is 1070. The van der Waals surface area contributed by atoms with Gasteiger partial charge in [-0.05, 0) is 50.5 Å². The van der Waals surface area contributed by atoms with Crippen LogP contribution in [0.1, 0.15) is 29.7 Å². The maximum atomic E-state index is 12.2. The van der Waals surface area contributed by atoms with Crippen LogP contribution in [0.4, 0.5) is 11.4 Å². The van der Waals surface area contributed by atoms with Crippen molar-refractivity contribution in [2.75, 3.05) is 11.9 Å². The molecule has 0 fully saturated rings. The molecule has 0 spiro atoms. The third-order valence-corrected chi connectivity index (χ3v) is 5.07. The van der Waals surface area contributed by atoms with Crippen molar-refractivity contribution in [2.45, 2.75) is 32.6 Å². The van der Waals surface area contributed by atoms with Crippen LogP contribution in [0.15, 0.2) is 40.8 Å². The third-order valence-electron chi connectivity index (χ3n) is 5.07. The van der Waals surface area contributed by atoms with E-state index in [0.29, 0.717) is 17.0 Å². The Hall–Kier alpha value is -3.35. The first-order valence-corrected chi connectivity index (χ1v) is 9.24. The van der Waals surface area contributed by atoms with Gasteiger partial charge in [-0.3, -0.25) is 14.9 Å². The minimum absolute atomic E-state index is 0.0334. The first-order valence-electron chi connectivity index (χ1n) is 9.24. The van der Waals surface area contributed by atoms with Crippen LogP contribution in [0.3, 0.4) is 0 Å². The van der Waals surface area contributed by atoms with Crippen molar-refractivity contribution in [3.63, 3.8) is 0 Å². The maximum Gasteiger partial charge on any atom is 0.274 e. The Balaban J connectivity index is 1.45. The number of nitrogens with zero attached hydrogens (tertiary/aromatic N) is 1. The average molecular weight is 380 g/mol. The normalized spacial score (nSPS) is 13.2. The molecule has 1 heterocycles. The number of nitro benzene ring substituents is 1. The highest BCUT2D eigenvalue weighted by Crippen LogP contribution is 2.34. The molecule has 1 aromatic heterocycles. The third kappa shape index (κ3) is 3.43. The van der Waals surface area contributed by atoms with Gasteiger partial charge in [0, 0.05) is 23.4 Å². The van der Waals surface area contributed by atoms with Crippen molar-refractivity contribution >= 4 is 28.3 Å². The van der Waals surface area contributed by atoms with Gasteiger partial charge in [-0.2, -0.15) is 0 Å².